The maximum absolute atomic E-state index is 9.74. The number of hydrogen-bond donors (Lipinski definition) is 2. The van der Waals surface area contributed by atoms with E-state index in [0.29, 0.717) is 11.7 Å². The first-order valence-electron chi connectivity index (χ1n) is 4.99. The van der Waals surface area contributed by atoms with Gasteiger partial charge in [-0.05, 0) is 37.3 Å². The van der Waals surface area contributed by atoms with Gasteiger partial charge in [-0.1, -0.05) is 12.1 Å². The van der Waals surface area contributed by atoms with Crippen molar-refractivity contribution in [1.29, 1.82) is 0 Å². The number of benzene rings is 1. The minimum Gasteiger partial charge on any atom is -0.508 e. The Balaban J connectivity index is 2.41. The Morgan fingerprint density at radius 3 is 2.71 bits per heavy atom. The molecule has 0 aliphatic heterocycles. The van der Waals surface area contributed by atoms with Crippen molar-refractivity contribution in [3.05, 3.63) is 36.2 Å². The first-order valence-corrected chi connectivity index (χ1v) is 4.99. The van der Waals surface area contributed by atoms with Gasteiger partial charge in [-0.2, -0.15) is 0 Å². The number of phenolic OH excluding ortho intramolecular Hbond substituents is 1. The lowest BCUT2D eigenvalue weighted by molar-refractivity contribution is 0.282. The van der Waals surface area contributed by atoms with E-state index in [2.05, 4.69) is 6.92 Å². The summed E-state index contributed by atoms with van der Waals surface area (Å²) >= 11 is 0. The van der Waals surface area contributed by atoms with Crippen molar-refractivity contribution in [3.63, 3.8) is 0 Å². The SMILES string of the molecule is [CH2]C(CO)c1cccc(O)c1C1CC1. The van der Waals surface area contributed by atoms with Crippen LogP contribution in [0.5, 0.6) is 5.75 Å². The number of aromatic hydroxyl groups is 1. The fourth-order valence-electron chi connectivity index (χ4n) is 1.84. The zero-order chi connectivity index (χ0) is 10.1. The smallest absolute Gasteiger partial charge is 0.119 e. The predicted molar refractivity (Wildman–Crippen MR) is 55.3 cm³/mol. The molecule has 2 heteroatoms. The molecule has 2 nitrogen and oxygen atoms in total. The Morgan fingerprint density at radius 1 is 1.43 bits per heavy atom. The first-order chi connectivity index (χ1) is 6.74. The van der Waals surface area contributed by atoms with Crippen molar-refractivity contribution >= 4 is 0 Å². The second kappa shape index (κ2) is 3.62. The van der Waals surface area contributed by atoms with Crippen molar-refractivity contribution in [2.75, 3.05) is 6.61 Å². The van der Waals surface area contributed by atoms with Gasteiger partial charge < -0.3 is 10.2 Å². The summed E-state index contributed by atoms with van der Waals surface area (Å²) in [7, 11) is 0. The standard InChI is InChI=1S/C12H15O2/c1-8(7-13)10-3-2-4-11(14)12(10)9-5-6-9/h2-4,8-9,13-14H,1,5-7H2. The van der Waals surface area contributed by atoms with E-state index in [1.807, 2.05) is 12.1 Å². The Hall–Kier alpha value is -1.02. The van der Waals surface area contributed by atoms with Crippen LogP contribution >= 0.6 is 0 Å². The quantitative estimate of drug-likeness (QED) is 0.768. The molecule has 75 valence electrons. The number of rotatable bonds is 3. The lowest BCUT2D eigenvalue weighted by Crippen LogP contribution is -2.03. The molecule has 1 fully saturated rings. The molecule has 0 aromatic heterocycles. The highest BCUT2D eigenvalue weighted by molar-refractivity contribution is 5.46. The first kappa shape index (κ1) is 9.53. The summed E-state index contributed by atoms with van der Waals surface area (Å²) in [5.41, 5.74) is 2.00. The van der Waals surface area contributed by atoms with Crippen LogP contribution in [0.1, 0.15) is 35.8 Å². The van der Waals surface area contributed by atoms with Gasteiger partial charge in [0.25, 0.3) is 0 Å². The summed E-state index contributed by atoms with van der Waals surface area (Å²) in [5, 5.41) is 18.8. The molecule has 14 heavy (non-hydrogen) atoms. The highest BCUT2D eigenvalue weighted by Gasteiger charge is 2.29. The summed E-state index contributed by atoms with van der Waals surface area (Å²) < 4.78 is 0. The summed E-state index contributed by atoms with van der Waals surface area (Å²) in [5.74, 6) is 0.715. The second-order valence-corrected chi connectivity index (χ2v) is 3.93. The molecule has 1 saturated carbocycles. The molecule has 1 radical (unpaired) electrons. The van der Waals surface area contributed by atoms with Crippen molar-refractivity contribution in [3.8, 4) is 5.75 Å². The maximum Gasteiger partial charge on any atom is 0.119 e. The molecule has 1 unspecified atom stereocenters. The predicted octanol–water partition coefficient (Wildman–Crippen LogP) is 2.18. The topological polar surface area (TPSA) is 40.5 Å². The van der Waals surface area contributed by atoms with E-state index in [1.165, 1.54) is 0 Å². The average molecular weight is 191 g/mol. The van der Waals surface area contributed by atoms with Crippen LogP contribution in [0, 0.1) is 6.92 Å². The fraction of sp³-hybridized carbons (Fsp3) is 0.417. The van der Waals surface area contributed by atoms with Gasteiger partial charge in [0.05, 0.1) is 0 Å². The van der Waals surface area contributed by atoms with Gasteiger partial charge >= 0.3 is 0 Å². The highest BCUT2D eigenvalue weighted by atomic mass is 16.3. The molecule has 1 aromatic carbocycles. The molecule has 0 spiro atoms. The van der Waals surface area contributed by atoms with Gasteiger partial charge in [0.15, 0.2) is 0 Å². The van der Waals surface area contributed by atoms with Crippen LogP contribution in [0.2, 0.25) is 0 Å². The molecular formula is C12H15O2. The van der Waals surface area contributed by atoms with Gasteiger partial charge in [0, 0.05) is 18.1 Å². The monoisotopic (exact) mass is 191 g/mol. The van der Waals surface area contributed by atoms with Crippen LogP contribution < -0.4 is 0 Å². The lowest BCUT2D eigenvalue weighted by Gasteiger charge is -2.15. The molecule has 1 aliphatic carbocycles. The molecule has 1 atom stereocenters. The zero-order valence-corrected chi connectivity index (χ0v) is 8.11. The summed E-state index contributed by atoms with van der Waals surface area (Å²) in [4.78, 5) is 0. The average Bonchev–Trinajstić information content (AvgIpc) is 3.00. The van der Waals surface area contributed by atoms with E-state index >= 15 is 0 Å². The second-order valence-electron chi connectivity index (χ2n) is 3.93. The van der Waals surface area contributed by atoms with E-state index in [4.69, 9.17) is 5.11 Å². The third kappa shape index (κ3) is 1.62. The Morgan fingerprint density at radius 2 is 2.14 bits per heavy atom. The van der Waals surface area contributed by atoms with E-state index in [0.717, 1.165) is 24.0 Å². The minimum absolute atomic E-state index is 0.0309. The number of aliphatic hydroxyl groups is 1. The Kier molecular flexibility index (Phi) is 2.46. The van der Waals surface area contributed by atoms with Gasteiger partial charge in [-0.25, -0.2) is 0 Å². The van der Waals surface area contributed by atoms with Crippen LogP contribution in [-0.4, -0.2) is 16.8 Å². The van der Waals surface area contributed by atoms with Gasteiger partial charge in [0.1, 0.15) is 5.75 Å². The summed E-state index contributed by atoms with van der Waals surface area (Å²) in [6.07, 6.45) is 2.28. The summed E-state index contributed by atoms with van der Waals surface area (Å²) in [6.45, 7) is 3.91. The van der Waals surface area contributed by atoms with Crippen molar-refractivity contribution < 1.29 is 10.2 Å². The molecule has 0 saturated heterocycles. The van der Waals surface area contributed by atoms with E-state index in [-0.39, 0.29) is 12.5 Å². The molecule has 0 bridgehead atoms. The van der Waals surface area contributed by atoms with Crippen molar-refractivity contribution in [2.24, 2.45) is 0 Å². The largest absolute Gasteiger partial charge is 0.508 e. The fourth-order valence-corrected chi connectivity index (χ4v) is 1.84. The van der Waals surface area contributed by atoms with Crippen LogP contribution in [0.3, 0.4) is 0 Å². The van der Waals surface area contributed by atoms with E-state index < -0.39 is 0 Å². The maximum atomic E-state index is 9.74. The lowest BCUT2D eigenvalue weighted by atomic mass is 9.93. The molecule has 0 heterocycles. The van der Waals surface area contributed by atoms with E-state index in [9.17, 15) is 5.11 Å². The van der Waals surface area contributed by atoms with Gasteiger partial charge in [-0.3, -0.25) is 0 Å². The highest BCUT2D eigenvalue weighted by Crippen LogP contribution is 2.47. The normalized spacial score (nSPS) is 18.1. The zero-order valence-electron chi connectivity index (χ0n) is 8.11. The molecule has 2 N–H and O–H groups in total. The van der Waals surface area contributed by atoms with Crippen molar-refractivity contribution in [1.82, 2.24) is 0 Å². The minimum atomic E-state index is -0.127. The molecule has 2 rings (SSSR count). The van der Waals surface area contributed by atoms with Crippen molar-refractivity contribution in [2.45, 2.75) is 24.7 Å². The molecule has 0 amide bonds. The van der Waals surface area contributed by atoms with Gasteiger partial charge in [0.2, 0.25) is 0 Å². The van der Waals surface area contributed by atoms with E-state index in [1.54, 1.807) is 6.07 Å². The molecule has 1 aliphatic rings. The van der Waals surface area contributed by atoms with Crippen LogP contribution in [0.15, 0.2) is 18.2 Å². The third-order valence-electron chi connectivity index (χ3n) is 2.76. The Bertz CT molecular complexity index is 329. The Labute approximate surface area is 84.2 Å². The van der Waals surface area contributed by atoms with Crippen LogP contribution in [0.25, 0.3) is 0 Å². The van der Waals surface area contributed by atoms with Crippen LogP contribution in [0.4, 0.5) is 0 Å². The third-order valence-corrected chi connectivity index (χ3v) is 2.76. The van der Waals surface area contributed by atoms with Gasteiger partial charge in [-0.15, -0.1) is 0 Å². The molecule has 1 aromatic rings. The van der Waals surface area contributed by atoms with Crippen LogP contribution in [-0.2, 0) is 0 Å². The molecular weight excluding hydrogens is 176 g/mol. The number of aliphatic hydroxyl groups excluding tert-OH is 1. The number of phenols is 1. The number of hydrogen-bond acceptors (Lipinski definition) is 2. The summed E-state index contributed by atoms with van der Waals surface area (Å²) in [6, 6.07) is 5.47.